The number of benzene rings is 8. The number of nitrogens with zero attached hydrogens (tertiary/aromatic N) is 2. The first-order valence-corrected chi connectivity index (χ1v) is 17.7. The Bertz CT molecular complexity index is 2970. The van der Waals surface area contributed by atoms with Crippen molar-refractivity contribution in [3.8, 4) is 16.8 Å². The minimum atomic E-state index is 0.503. The molecule has 4 heteroatoms. The summed E-state index contributed by atoms with van der Waals surface area (Å²) < 4.78 is 4.75. The fourth-order valence-corrected chi connectivity index (χ4v) is 7.92. The summed E-state index contributed by atoms with van der Waals surface area (Å²) in [5.41, 5.74) is 11.5. The number of nitrogens with one attached hydrogen (secondary N) is 2. The molecule has 0 radical (unpaired) electrons. The van der Waals surface area contributed by atoms with Crippen molar-refractivity contribution >= 4 is 65.8 Å². The maximum absolute atomic E-state index is 9.05. The predicted molar refractivity (Wildman–Crippen MR) is 219 cm³/mol. The largest absolute Gasteiger partial charge is 0.367 e. The second kappa shape index (κ2) is 12.1. The lowest BCUT2D eigenvalue weighted by Gasteiger charge is -2.16. The second-order valence-electron chi connectivity index (χ2n) is 13.4. The third-order valence-corrected chi connectivity index (χ3v) is 10.4. The van der Waals surface area contributed by atoms with E-state index >= 15 is 0 Å². The van der Waals surface area contributed by atoms with Gasteiger partial charge in [-0.3, -0.25) is 5.41 Å². The Labute approximate surface area is 301 Å². The molecule has 0 fully saturated rings. The van der Waals surface area contributed by atoms with Crippen LogP contribution >= 0.6 is 0 Å². The molecule has 246 valence electrons. The Morgan fingerprint density at radius 1 is 0.462 bits per heavy atom. The molecular formula is C48H34N4. The van der Waals surface area contributed by atoms with Gasteiger partial charge in [-0.05, 0) is 76.5 Å². The number of anilines is 1. The van der Waals surface area contributed by atoms with E-state index in [-0.39, 0.29) is 0 Å². The van der Waals surface area contributed by atoms with E-state index in [1.165, 1.54) is 60.0 Å². The van der Waals surface area contributed by atoms with Crippen LogP contribution in [-0.4, -0.2) is 14.8 Å². The summed E-state index contributed by atoms with van der Waals surface area (Å²) in [5, 5.41) is 20.2. The van der Waals surface area contributed by atoms with Gasteiger partial charge in [0.1, 0.15) is 0 Å². The molecule has 2 aromatic heterocycles. The van der Waals surface area contributed by atoms with E-state index in [2.05, 4.69) is 148 Å². The Morgan fingerprint density at radius 2 is 1.06 bits per heavy atom. The smallest absolute Gasteiger partial charge is 0.0926 e. The van der Waals surface area contributed by atoms with Crippen molar-refractivity contribution < 1.29 is 0 Å². The Balaban J connectivity index is 1.12. The van der Waals surface area contributed by atoms with Crippen LogP contribution in [0.2, 0.25) is 0 Å². The van der Waals surface area contributed by atoms with Gasteiger partial charge < -0.3 is 14.5 Å². The lowest BCUT2D eigenvalue weighted by molar-refractivity contribution is 0.841. The van der Waals surface area contributed by atoms with Crippen molar-refractivity contribution in [1.29, 1.82) is 5.41 Å². The molecule has 0 aliphatic carbocycles. The molecule has 0 amide bonds. The standard InChI is InChI=1S/C48H34N4/c49-48(32-13-3-1-4-14-32)40-20-9-11-21-43(40)50-31-51-46-30-36(23-25-39(46)42-27-33-15-7-8-16-34(33)29-47(42)51)35-24-26-45-41(28-35)38-19-10-12-22-44(38)52(45)37-17-5-2-6-18-37/h1-30,49-50H,31H2. The molecule has 10 rings (SSSR count). The summed E-state index contributed by atoms with van der Waals surface area (Å²) in [5.74, 6) is 0. The van der Waals surface area contributed by atoms with Gasteiger partial charge >= 0.3 is 0 Å². The van der Waals surface area contributed by atoms with Gasteiger partial charge in [0.25, 0.3) is 0 Å². The van der Waals surface area contributed by atoms with Crippen LogP contribution in [0.25, 0.3) is 71.2 Å². The van der Waals surface area contributed by atoms with Crippen LogP contribution in [0.15, 0.2) is 182 Å². The summed E-state index contributed by atoms with van der Waals surface area (Å²) in [6.45, 7) is 0.546. The molecular weight excluding hydrogens is 633 g/mol. The van der Waals surface area contributed by atoms with Crippen molar-refractivity contribution in [3.63, 3.8) is 0 Å². The fraction of sp³-hybridized carbons (Fsp3) is 0.0208. The van der Waals surface area contributed by atoms with Gasteiger partial charge in [-0.1, -0.05) is 127 Å². The quantitative estimate of drug-likeness (QED) is 0.163. The highest BCUT2D eigenvalue weighted by atomic mass is 15.1. The molecule has 4 nitrogen and oxygen atoms in total. The third kappa shape index (κ3) is 4.88. The van der Waals surface area contributed by atoms with Crippen LogP contribution in [0.4, 0.5) is 5.69 Å². The summed E-state index contributed by atoms with van der Waals surface area (Å²) >= 11 is 0. The molecule has 10 aromatic rings. The Morgan fingerprint density at radius 3 is 1.90 bits per heavy atom. The van der Waals surface area contributed by atoms with Gasteiger partial charge in [0.15, 0.2) is 0 Å². The second-order valence-corrected chi connectivity index (χ2v) is 13.4. The van der Waals surface area contributed by atoms with E-state index in [1.807, 2.05) is 48.5 Å². The number of aromatic nitrogens is 2. The lowest BCUT2D eigenvalue weighted by Crippen LogP contribution is -2.12. The zero-order valence-corrected chi connectivity index (χ0v) is 28.4. The SMILES string of the molecule is N=C(c1ccccc1)c1ccccc1NCn1c2cc(-c3ccc4c(c3)c3ccccc3n4-c3ccccc3)ccc2c2cc3ccccc3cc21. The molecule has 0 saturated carbocycles. The average Bonchev–Trinajstić information content (AvgIpc) is 3.70. The van der Waals surface area contributed by atoms with Crippen molar-refractivity contribution in [2.75, 3.05) is 5.32 Å². The molecule has 0 spiro atoms. The maximum Gasteiger partial charge on any atom is 0.0926 e. The van der Waals surface area contributed by atoms with Gasteiger partial charge in [-0.2, -0.15) is 0 Å². The Kier molecular flexibility index (Phi) is 7.00. The maximum atomic E-state index is 9.05. The summed E-state index contributed by atoms with van der Waals surface area (Å²) in [6.07, 6.45) is 0. The number of fused-ring (bicyclic) bond motifs is 7. The van der Waals surface area contributed by atoms with E-state index < -0.39 is 0 Å². The van der Waals surface area contributed by atoms with E-state index in [0.717, 1.165) is 28.0 Å². The highest BCUT2D eigenvalue weighted by molar-refractivity contribution is 6.15. The summed E-state index contributed by atoms with van der Waals surface area (Å²) in [7, 11) is 0. The summed E-state index contributed by atoms with van der Waals surface area (Å²) in [6, 6.07) is 64.4. The first-order chi connectivity index (χ1) is 25.7. The Hall–Kier alpha value is -6.91. The van der Waals surface area contributed by atoms with Crippen molar-refractivity contribution in [2.24, 2.45) is 0 Å². The molecule has 2 heterocycles. The van der Waals surface area contributed by atoms with Gasteiger partial charge in [-0.25, -0.2) is 0 Å². The van der Waals surface area contributed by atoms with E-state index in [9.17, 15) is 0 Å². The van der Waals surface area contributed by atoms with Crippen LogP contribution in [0.1, 0.15) is 11.1 Å². The van der Waals surface area contributed by atoms with Crippen molar-refractivity contribution in [1.82, 2.24) is 9.13 Å². The highest BCUT2D eigenvalue weighted by Gasteiger charge is 2.17. The monoisotopic (exact) mass is 666 g/mol. The first-order valence-electron chi connectivity index (χ1n) is 17.7. The number of rotatable bonds is 7. The number of hydrogen-bond acceptors (Lipinski definition) is 2. The van der Waals surface area contributed by atoms with Crippen LogP contribution < -0.4 is 5.32 Å². The molecule has 0 atom stereocenters. The molecule has 0 aliphatic rings. The van der Waals surface area contributed by atoms with E-state index in [0.29, 0.717) is 12.4 Å². The number of para-hydroxylation sites is 3. The zero-order valence-electron chi connectivity index (χ0n) is 28.4. The van der Waals surface area contributed by atoms with Crippen LogP contribution in [0, 0.1) is 5.41 Å². The number of hydrogen-bond donors (Lipinski definition) is 2. The fourth-order valence-electron chi connectivity index (χ4n) is 7.92. The highest BCUT2D eigenvalue weighted by Crippen LogP contribution is 2.38. The van der Waals surface area contributed by atoms with E-state index in [1.54, 1.807) is 0 Å². The van der Waals surface area contributed by atoms with Gasteiger partial charge in [0, 0.05) is 44.0 Å². The topological polar surface area (TPSA) is 45.7 Å². The molecule has 8 aromatic carbocycles. The van der Waals surface area contributed by atoms with Gasteiger partial charge in [0.05, 0.1) is 34.4 Å². The van der Waals surface area contributed by atoms with Crippen LogP contribution in [0.3, 0.4) is 0 Å². The molecule has 52 heavy (non-hydrogen) atoms. The lowest BCUT2D eigenvalue weighted by atomic mass is 10.0. The third-order valence-electron chi connectivity index (χ3n) is 10.4. The molecule has 0 saturated heterocycles. The van der Waals surface area contributed by atoms with Crippen molar-refractivity contribution in [2.45, 2.75) is 6.67 Å². The minimum absolute atomic E-state index is 0.503. The van der Waals surface area contributed by atoms with E-state index in [4.69, 9.17) is 5.41 Å². The molecule has 0 bridgehead atoms. The van der Waals surface area contributed by atoms with Crippen LogP contribution in [-0.2, 0) is 6.67 Å². The molecule has 0 aliphatic heterocycles. The van der Waals surface area contributed by atoms with Crippen molar-refractivity contribution in [3.05, 3.63) is 193 Å². The molecule has 2 N–H and O–H groups in total. The van der Waals surface area contributed by atoms with Crippen LogP contribution in [0.5, 0.6) is 0 Å². The normalized spacial score (nSPS) is 11.6. The zero-order chi connectivity index (χ0) is 34.6. The first kappa shape index (κ1) is 30.0. The van der Waals surface area contributed by atoms with Gasteiger partial charge in [-0.15, -0.1) is 0 Å². The minimum Gasteiger partial charge on any atom is -0.367 e. The predicted octanol–water partition coefficient (Wildman–Crippen LogP) is 12.2. The molecule has 0 unspecified atom stereocenters. The van der Waals surface area contributed by atoms with Gasteiger partial charge in [0.2, 0.25) is 0 Å². The average molecular weight is 667 g/mol. The summed E-state index contributed by atoms with van der Waals surface area (Å²) in [4.78, 5) is 0.